The lowest BCUT2D eigenvalue weighted by Gasteiger charge is -1.99. The number of anilines is 1. The van der Waals surface area contributed by atoms with Gasteiger partial charge < -0.3 is 4.74 Å². The summed E-state index contributed by atoms with van der Waals surface area (Å²) in [5.74, 6) is -0.884. The first-order valence-corrected chi connectivity index (χ1v) is 8.78. The molecule has 0 aliphatic rings. The molecule has 26 heavy (non-hydrogen) atoms. The number of nitrogens with one attached hydrogen (secondary N) is 1. The van der Waals surface area contributed by atoms with E-state index in [2.05, 4.69) is 20.6 Å². The van der Waals surface area contributed by atoms with Crippen molar-refractivity contribution in [3.63, 3.8) is 0 Å². The van der Waals surface area contributed by atoms with Crippen molar-refractivity contribution in [1.82, 2.24) is 20.0 Å². The van der Waals surface area contributed by atoms with Crippen molar-refractivity contribution in [2.24, 2.45) is 0 Å². The summed E-state index contributed by atoms with van der Waals surface area (Å²) in [6.45, 7) is 4.22. The number of ether oxygens (including phenoxy) is 1. The Balaban J connectivity index is 1.67. The minimum absolute atomic E-state index is 0.173. The van der Waals surface area contributed by atoms with Gasteiger partial charge in [0.1, 0.15) is 4.88 Å². The zero-order valence-electron chi connectivity index (χ0n) is 14.3. The second-order valence-corrected chi connectivity index (χ2v) is 6.39. The molecular weight excluding hydrogens is 354 g/mol. The molecule has 8 nitrogen and oxygen atoms in total. The number of rotatable bonds is 6. The molecule has 0 aliphatic heterocycles. The van der Waals surface area contributed by atoms with Crippen molar-refractivity contribution in [2.75, 3.05) is 11.9 Å². The first-order valence-electron chi connectivity index (χ1n) is 7.96. The van der Waals surface area contributed by atoms with E-state index in [4.69, 9.17) is 4.74 Å². The highest BCUT2D eigenvalue weighted by Gasteiger charge is 2.19. The second kappa shape index (κ2) is 7.87. The molecule has 1 aromatic carbocycles. The summed E-state index contributed by atoms with van der Waals surface area (Å²) in [5.41, 5.74) is 1.74. The van der Waals surface area contributed by atoms with E-state index in [1.165, 1.54) is 0 Å². The van der Waals surface area contributed by atoms with Crippen LogP contribution in [-0.2, 0) is 11.3 Å². The summed E-state index contributed by atoms with van der Waals surface area (Å²) in [5, 5.41) is 10.8. The molecular formula is C17H17N5O3S. The van der Waals surface area contributed by atoms with Gasteiger partial charge in [-0.05, 0) is 19.4 Å². The predicted octanol–water partition coefficient (Wildman–Crippen LogP) is 2.52. The van der Waals surface area contributed by atoms with Gasteiger partial charge in [0.05, 0.1) is 25.0 Å². The Bertz CT molecular complexity index is 920. The molecule has 2 heterocycles. The Morgan fingerprint density at radius 1 is 1.27 bits per heavy atom. The lowest BCUT2D eigenvalue weighted by molar-refractivity contribution is 0.0531. The lowest BCUT2D eigenvalue weighted by atomic mass is 10.2. The number of aromatic nitrogens is 4. The van der Waals surface area contributed by atoms with Crippen molar-refractivity contribution < 1.29 is 14.3 Å². The fourth-order valence-corrected chi connectivity index (χ4v) is 3.10. The fraction of sp³-hybridized carbons (Fsp3) is 0.235. The van der Waals surface area contributed by atoms with Gasteiger partial charge >= 0.3 is 5.97 Å². The summed E-state index contributed by atoms with van der Waals surface area (Å²) in [4.78, 5) is 28.7. The minimum Gasteiger partial charge on any atom is -0.462 e. The highest BCUT2D eigenvalue weighted by atomic mass is 32.1. The third-order valence-electron chi connectivity index (χ3n) is 3.44. The van der Waals surface area contributed by atoms with Crippen molar-refractivity contribution in [2.45, 2.75) is 20.4 Å². The van der Waals surface area contributed by atoms with Crippen molar-refractivity contribution in [1.29, 1.82) is 0 Å². The van der Waals surface area contributed by atoms with Gasteiger partial charge in [-0.2, -0.15) is 0 Å². The van der Waals surface area contributed by atoms with Crippen LogP contribution in [0.5, 0.6) is 0 Å². The summed E-state index contributed by atoms with van der Waals surface area (Å²) >= 11 is 1.07. The molecule has 0 bridgehead atoms. The van der Waals surface area contributed by atoms with Crippen molar-refractivity contribution in [3.05, 3.63) is 58.4 Å². The average Bonchev–Trinajstić information content (AvgIpc) is 3.23. The summed E-state index contributed by atoms with van der Waals surface area (Å²) in [6.07, 6.45) is 1.56. The van der Waals surface area contributed by atoms with E-state index in [-0.39, 0.29) is 12.3 Å². The standard InChI is InChI=1S/C17H17N5O3S/c1-3-25-16(24)14-11(2)18-17(26-14)19-15(23)13-10-22(21-20-13)9-12-7-5-4-6-8-12/h4-8,10H,3,9H2,1-2H3,(H,18,19,23). The molecule has 0 atom stereocenters. The Kier molecular flexibility index (Phi) is 5.37. The van der Waals surface area contributed by atoms with Crippen LogP contribution in [0.4, 0.5) is 5.13 Å². The number of hydrogen-bond donors (Lipinski definition) is 1. The van der Waals surface area contributed by atoms with Gasteiger partial charge in [-0.15, -0.1) is 5.10 Å². The number of carbonyl (C=O) groups is 2. The van der Waals surface area contributed by atoms with E-state index in [1.54, 1.807) is 24.7 Å². The molecule has 0 saturated heterocycles. The first-order chi connectivity index (χ1) is 12.6. The number of aryl methyl sites for hydroxylation is 1. The van der Waals surface area contributed by atoms with E-state index in [9.17, 15) is 9.59 Å². The normalized spacial score (nSPS) is 10.5. The maximum atomic E-state index is 12.3. The van der Waals surface area contributed by atoms with Crippen molar-refractivity contribution >= 4 is 28.3 Å². The molecule has 1 amide bonds. The fourth-order valence-electron chi connectivity index (χ4n) is 2.25. The molecule has 0 aliphatic carbocycles. The quantitative estimate of drug-likeness (QED) is 0.669. The van der Waals surface area contributed by atoms with E-state index in [0.29, 0.717) is 22.2 Å². The number of carbonyl (C=O) groups excluding carboxylic acids is 2. The van der Waals surface area contributed by atoms with Gasteiger partial charge in [0.2, 0.25) is 0 Å². The zero-order valence-corrected chi connectivity index (χ0v) is 15.1. The van der Waals surface area contributed by atoms with Gasteiger partial charge in [-0.3, -0.25) is 10.1 Å². The van der Waals surface area contributed by atoms with Gasteiger partial charge in [0.15, 0.2) is 10.8 Å². The van der Waals surface area contributed by atoms with E-state index in [0.717, 1.165) is 16.9 Å². The number of benzene rings is 1. The average molecular weight is 371 g/mol. The molecule has 3 rings (SSSR count). The number of esters is 1. The molecule has 0 radical (unpaired) electrons. The molecule has 0 saturated carbocycles. The summed E-state index contributed by atoms with van der Waals surface area (Å²) < 4.78 is 6.55. The molecule has 9 heteroatoms. The third kappa shape index (κ3) is 4.12. The van der Waals surface area contributed by atoms with Gasteiger partial charge in [-0.25, -0.2) is 14.5 Å². The lowest BCUT2D eigenvalue weighted by Crippen LogP contribution is -2.12. The Labute approximate surface area is 153 Å². The van der Waals surface area contributed by atoms with E-state index >= 15 is 0 Å². The van der Waals surface area contributed by atoms with Gasteiger partial charge in [-0.1, -0.05) is 46.9 Å². The highest BCUT2D eigenvalue weighted by molar-refractivity contribution is 7.17. The Morgan fingerprint density at radius 3 is 2.77 bits per heavy atom. The summed E-state index contributed by atoms with van der Waals surface area (Å²) in [7, 11) is 0. The first kappa shape index (κ1) is 17.7. The minimum atomic E-state index is -0.447. The predicted molar refractivity (Wildman–Crippen MR) is 96.3 cm³/mol. The Morgan fingerprint density at radius 2 is 2.04 bits per heavy atom. The monoisotopic (exact) mass is 371 g/mol. The van der Waals surface area contributed by atoms with Crippen LogP contribution in [0.3, 0.4) is 0 Å². The Hall–Kier alpha value is -3.07. The van der Waals surface area contributed by atoms with Gasteiger partial charge in [0, 0.05) is 0 Å². The maximum Gasteiger partial charge on any atom is 0.350 e. The van der Waals surface area contributed by atoms with Crippen molar-refractivity contribution in [3.8, 4) is 0 Å². The van der Waals surface area contributed by atoms with Crippen LogP contribution in [0.1, 0.15) is 38.3 Å². The topological polar surface area (TPSA) is 99.0 Å². The SMILES string of the molecule is CCOC(=O)c1sc(NC(=O)c2cn(Cc3ccccc3)nn2)nc1C. The molecule has 134 valence electrons. The number of thiazole rings is 1. The van der Waals surface area contributed by atoms with E-state index < -0.39 is 11.9 Å². The van der Waals surface area contributed by atoms with Crippen LogP contribution in [0, 0.1) is 6.92 Å². The van der Waals surface area contributed by atoms with Crippen LogP contribution < -0.4 is 5.32 Å². The van der Waals surface area contributed by atoms with Crippen LogP contribution >= 0.6 is 11.3 Å². The maximum absolute atomic E-state index is 12.3. The smallest absolute Gasteiger partial charge is 0.350 e. The van der Waals surface area contributed by atoms with E-state index in [1.807, 2.05) is 30.3 Å². The molecule has 0 fully saturated rings. The third-order valence-corrected chi connectivity index (χ3v) is 4.49. The molecule has 0 spiro atoms. The van der Waals surface area contributed by atoms with Crippen LogP contribution in [0.15, 0.2) is 36.5 Å². The highest BCUT2D eigenvalue weighted by Crippen LogP contribution is 2.23. The van der Waals surface area contributed by atoms with Gasteiger partial charge in [0.25, 0.3) is 5.91 Å². The van der Waals surface area contributed by atoms with Crippen LogP contribution in [-0.4, -0.2) is 38.5 Å². The zero-order chi connectivity index (χ0) is 18.5. The summed E-state index contributed by atoms with van der Waals surface area (Å²) in [6, 6.07) is 9.75. The molecule has 1 N–H and O–H groups in total. The molecule has 3 aromatic rings. The largest absolute Gasteiger partial charge is 0.462 e. The van der Waals surface area contributed by atoms with Crippen LogP contribution in [0.2, 0.25) is 0 Å². The molecule has 0 unspecified atom stereocenters. The second-order valence-electron chi connectivity index (χ2n) is 5.40. The number of amides is 1. The van der Waals surface area contributed by atoms with Crippen LogP contribution in [0.25, 0.3) is 0 Å². The molecule has 2 aromatic heterocycles. The number of hydrogen-bond acceptors (Lipinski definition) is 7. The number of nitrogens with zero attached hydrogens (tertiary/aromatic N) is 4.